The van der Waals surface area contributed by atoms with E-state index in [9.17, 15) is 4.39 Å². The van der Waals surface area contributed by atoms with Gasteiger partial charge in [-0.2, -0.15) is 0 Å². The number of hydrogen-bond donors (Lipinski definition) is 2. The van der Waals surface area contributed by atoms with Crippen LogP contribution >= 0.6 is 15.9 Å². The maximum Gasteiger partial charge on any atom is 0.124 e. The fourth-order valence-corrected chi connectivity index (χ4v) is 3.20. The molecule has 1 atom stereocenters. The number of nitrogens with one attached hydrogen (secondary N) is 1. The molecule has 1 aromatic rings. The van der Waals surface area contributed by atoms with Gasteiger partial charge in [0.1, 0.15) is 5.82 Å². The molecule has 0 aromatic heterocycles. The predicted molar refractivity (Wildman–Crippen MR) is 77.6 cm³/mol. The smallest absolute Gasteiger partial charge is 0.124 e. The van der Waals surface area contributed by atoms with Crippen molar-refractivity contribution in [1.29, 1.82) is 0 Å². The van der Waals surface area contributed by atoms with Gasteiger partial charge in [-0.3, -0.25) is 4.90 Å². The Morgan fingerprint density at radius 2 is 2.11 bits per heavy atom. The van der Waals surface area contributed by atoms with Crippen molar-refractivity contribution in [1.82, 2.24) is 10.2 Å². The van der Waals surface area contributed by atoms with E-state index in [4.69, 9.17) is 5.11 Å². The van der Waals surface area contributed by atoms with Crippen LogP contribution < -0.4 is 5.32 Å². The number of rotatable bonds is 5. The number of aliphatic hydroxyl groups is 1. The summed E-state index contributed by atoms with van der Waals surface area (Å²) in [5.41, 5.74) is 1.11. The van der Waals surface area contributed by atoms with Crippen molar-refractivity contribution in [2.75, 3.05) is 32.8 Å². The van der Waals surface area contributed by atoms with Crippen molar-refractivity contribution < 1.29 is 9.50 Å². The number of nitrogens with zero attached hydrogens (tertiary/aromatic N) is 1. The van der Waals surface area contributed by atoms with E-state index in [-0.39, 0.29) is 18.5 Å². The van der Waals surface area contributed by atoms with Gasteiger partial charge in [0.05, 0.1) is 0 Å². The highest BCUT2D eigenvalue weighted by atomic mass is 79.9. The normalized spacial score (nSPS) is 18.5. The third-order valence-corrected chi connectivity index (χ3v) is 4.24. The molecule has 5 heteroatoms. The van der Waals surface area contributed by atoms with Crippen molar-refractivity contribution in [2.45, 2.75) is 18.9 Å². The van der Waals surface area contributed by atoms with E-state index in [0.717, 1.165) is 49.1 Å². The van der Waals surface area contributed by atoms with E-state index >= 15 is 0 Å². The number of piperazine rings is 1. The molecular formula is C14H20BrFN2O. The molecule has 19 heavy (non-hydrogen) atoms. The molecule has 3 nitrogen and oxygen atoms in total. The summed E-state index contributed by atoms with van der Waals surface area (Å²) in [5.74, 6) is -0.225. The van der Waals surface area contributed by atoms with Crippen LogP contribution in [0.3, 0.4) is 0 Å². The second-order valence-electron chi connectivity index (χ2n) is 4.83. The predicted octanol–water partition coefficient (Wildman–Crippen LogP) is 2.31. The van der Waals surface area contributed by atoms with Crippen LogP contribution in [-0.4, -0.2) is 42.8 Å². The van der Waals surface area contributed by atoms with Crippen LogP contribution in [0.15, 0.2) is 22.7 Å². The monoisotopic (exact) mass is 330 g/mol. The van der Waals surface area contributed by atoms with Crippen LogP contribution in [-0.2, 0) is 0 Å². The lowest BCUT2D eigenvalue weighted by molar-refractivity contribution is 0.154. The lowest BCUT2D eigenvalue weighted by Gasteiger charge is -2.35. The summed E-state index contributed by atoms with van der Waals surface area (Å²) < 4.78 is 14.0. The maximum absolute atomic E-state index is 13.2. The van der Waals surface area contributed by atoms with Crippen molar-refractivity contribution in [3.63, 3.8) is 0 Å². The molecule has 2 N–H and O–H groups in total. The molecule has 0 unspecified atom stereocenters. The molecular weight excluding hydrogens is 311 g/mol. The molecule has 0 spiro atoms. The van der Waals surface area contributed by atoms with Crippen LogP contribution in [0.4, 0.5) is 4.39 Å². The molecule has 0 radical (unpaired) electrons. The van der Waals surface area contributed by atoms with E-state index in [1.54, 1.807) is 0 Å². The molecule has 1 heterocycles. The first-order valence-electron chi connectivity index (χ1n) is 6.73. The molecule has 0 aliphatic carbocycles. The van der Waals surface area contributed by atoms with Crippen molar-refractivity contribution in [3.05, 3.63) is 34.1 Å². The highest BCUT2D eigenvalue weighted by molar-refractivity contribution is 9.10. The van der Waals surface area contributed by atoms with Gasteiger partial charge in [-0.15, -0.1) is 0 Å². The molecule has 0 amide bonds. The van der Waals surface area contributed by atoms with Gasteiger partial charge >= 0.3 is 0 Å². The molecule has 1 fully saturated rings. The third-order valence-electron chi connectivity index (χ3n) is 3.55. The highest BCUT2D eigenvalue weighted by Crippen LogP contribution is 2.32. The van der Waals surface area contributed by atoms with Crippen LogP contribution in [0.25, 0.3) is 0 Å². The summed E-state index contributed by atoms with van der Waals surface area (Å²) in [7, 11) is 0. The SMILES string of the molecule is OCCC[C@@H](c1ccc(F)cc1Br)N1CCNCC1. The zero-order valence-electron chi connectivity index (χ0n) is 10.9. The van der Waals surface area contributed by atoms with E-state index in [0.29, 0.717) is 0 Å². The zero-order chi connectivity index (χ0) is 13.7. The minimum Gasteiger partial charge on any atom is -0.396 e. The number of hydrogen-bond acceptors (Lipinski definition) is 3. The first kappa shape index (κ1) is 14.9. The number of aliphatic hydroxyl groups excluding tert-OH is 1. The average molecular weight is 331 g/mol. The van der Waals surface area contributed by atoms with Crippen LogP contribution in [0, 0.1) is 5.82 Å². The van der Waals surface area contributed by atoms with E-state index in [1.165, 1.54) is 12.1 Å². The van der Waals surface area contributed by atoms with Gasteiger partial charge in [0.25, 0.3) is 0 Å². The summed E-state index contributed by atoms with van der Waals surface area (Å²) in [5, 5.41) is 12.4. The second-order valence-corrected chi connectivity index (χ2v) is 5.69. The van der Waals surface area contributed by atoms with Gasteiger partial charge in [0, 0.05) is 43.3 Å². The van der Waals surface area contributed by atoms with Gasteiger partial charge in [-0.1, -0.05) is 22.0 Å². The van der Waals surface area contributed by atoms with Gasteiger partial charge in [0.15, 0.2) is 0 Å². The Hall–Kier alpha value is -0.490. The Kier molecular flexibility index (Phi) is 5.76. The summed E-state index contributed by atoms with van der Waals surface area (Å²) in [6.07, 6.45) is 1.65. The molecule has 2 rings (SSSR count). The van der Waals surface area contributed by atoms with Gasteiger partial charge < -0.3 is 10.4 Å². The van der Waals surface area contributed by atoms with Crippen LogP contribution in [0.1, 0.15) is 24.4 Å². The fourth-order valence-electron chi connectivity index (χ4n) is 2.58. The summed E-state index contributed by atoms with van der Waals surface area (Å²) >= 11 is 3.46. The van der Waals surface area contributed by atoms with Gasteiger partial charge in [0.2, 0.25) is 0 Å². The van der Waals surface area contributed by atoms with Crippen molar-refractivity contribution >= 4 is 15.9 Å². The maximum atomic E-state index is 13.2. The van der Waals surface area contributed by atoms with E-state index < -0.39 is 0 Å². The zero-order valence-corrected chi connectivity index (χ0v) is 12.5. The summed E-state index contributed by atoms with van der Waals surface area (Å²) in [6, 6.07) is 5.12. The average Bonchev–Trinajstić information content (AvgIpc) is 2.42. The standard InChI is InChI=1S/C14H20BrFN2O/c15-13-10-11(16)3-4-12(13)14(2-1-9-19)18-7-5-17-6-8-18/h3-4,10,14,17,19H,1-2,5-9H2/t14-/m0/s1. The van der Waals surface area contributed by atoms with Crippen molar-refractivity contribution in [3.8, 4) is 0 Å². The van der Waals surface area contributed by atoms with Crippen LogP contribution in [0.2, 0.25) is 0 Å². The lowest BCUT2D eigenvalue weighted by Crippen LogP contribution is -2.45. The Balaban J connectivity index is 2.19. The first-order chi connectivity index (χ1) is 9.22. The highest BCUT2D eigenvalue weighted by Gasteiger charge is 2.23. The summed E-state index contributed by atoms with van der Waals surface area (Å²) in [6.45, 7) is 4.13. The van der Waals surface area contributed by atoms with Crippen molar-refractivity contribution in [2.24, 2.45) is 0 Å². The van der Waals surface area contributed by atoms with Crippen LogP contribution in [0.5, 0.6) is 0 Å². The topological polar surface area (TPSA) is 35.5 Å². The van der Waals surface area contributed by atoms with E-state index in [2.05, 4.69) is 26.1 Å². The molecule has 106 valence electrons. The number of halogens is 2. The quantitative estimate of drug-likeness (QED) is 0.869. The molecule has 0 bridgehead atoms. The molecule has 1 aliphatic heterocycles. The lowest BCUT2D eigenvalue weighted by atomic mass is 9.99. The van der Waals surface area contributed by atoms with Gasteiger partial charge in [-0.25, -0.2) is 4.39 Å². The summed E-state index contributed by atoms with van der Waals surface area (Å²) in [4.78, 5) is 2.41. The van der Waals surface area contributed by atoms with E-state index in [1.807, 2.05) is 6.07 Å². The molecule has 1 aromatic carbocycles. The Morgan fingerprint density at radius 3 is 2.74 bits per heavy atom. The number of benzene rings is 1. The largest absolute Gasteiger partial charge is 0.396 e. The minimum atomic E-state index is -0.225. The Labute approximate surface area is 121 Å². The second kappa shape index (κ2) is 7.33. The molecule has 1 saturated heterocycles. The third kappa shape index (κ3) is 3.99. The Bertz CT molecular complexity index is 410. The molecule has 1 aliphatic rings. The fraction of sp³-hybridized carbons (Fsp3) is 0.571. The molecule has 0 saturated carbocycles. The Morgan fingerprint density at radius 1 is 1.37 bits per heavy atom. The van der Waals surface area contributed by atoms with Gasteiger partial charge in [-0.05, 0) is 30.5 Å². The minimum absolute atomic E-state index is 0.196. The first-order valence-corrected chi connectivity index (χ1v) is 7.52.